The molecule has 128 valence electrons. The topological polar surface area (TPSA) is 113 Å². The van der Waals surface area contributed by atoms with E-state index < -0.39 is 22.0 Å². The van der Waals surface area contributed by atoms with Crippen LogP contribution in [-0.2, 0) is 26.2 Å². The molecule has 0 aliphatic heterocycles. The number of hydrogen-bond acceptors (Lipinski definition) is 4. The third-order valence-electron chi connectivity index (χ3n) is 3.08. The minimum atomic E-state index is -3.92. The molecule has 0 aliphatic rings. The van der Waals surface area contributed by atoms with Gasteiger partial charge in [-0.15, -0.1) is 0 Å². The van der Waals surface area contributed by atoms with Crippen LogP contribution in [0.2, 0.25) is 0 Å². The van der Waals surface area contributed by atoms with Gasteiger partial charge in [-0.25, -0.2) is 8.42 Å². The van der Waals surface area contributed by atoms with Crippen molar-refractivity contribution in [3.8, 4) is 0 Å². The molecule has 3 N–H and O–H groups in total. The average molecular weight is 342 g/mol. The summed E-state index contributed by atoms with van der Waals surface area (Å²) >= 11 is 0. The minimum absolute atomic E-state index is 0.0147. The molecule has 8 heteroatoms. The molecular formula is C15H22N2O5S. The van der Waals surface area contributed by atoms with E-state index in [4.69, 9.17) is 5.11 Å². The fourth-order valence-corrected chi connectivity index (χ4v) is 3.14. The molecule has 1 amide bonds. The predicted octanol–water partition coefficient (Wildman–Crippen LogP) is 1.10. The maximum Gasteiger partial charge on any atom is 0.321 e. The van der Waals surface area contributed by atoms with Crippen LogP contribution in [0.15, 0.2) is 29.2 Å². The average Bonchev–Trinajstić information content (AvgIpc) is 2.44. The van der Waals surface area contributed by atoms with E-state index >= 15 is 0 Å². The summed E-state index contributed by atoms with van der Waals surface area (Å²) in [6.07, 6.45) is 0.204. The Morgan fingerprint density at radius 2 is 1.74 bits per heavy atom. The van der Waals surface area contributed by atoms with Gasteiger partial charge in [0.2, 0.25) is 15.9 Å². The van der Waals surface area contributed by atoms with E-state index in [9.17, 15) is 18.0 Å². The van der Waals surface area contributed by atoms with Crippen molar-refractivity contribution in [2.24, 2.45) is 5.92 Å². The zero-order chi connectivity index (χ0) is 17.6. The first-order valence-corrected chi connectivity index (χ1v) is 8.68. The lowest BCUT2D eigenvalue weighted by Gasteiger charge is -2.16. The molecule has 1 rings (SSSR count). The molecule has 0 radical (unpaired) electrons. The van der Waals surface area contributed by atoms with Crippen molar-refractivity contribution in [3.05, 3.63) is 29.8 Å². The lowest BCUT2D eigenvalue weighted by Crippen LogP contribution is -2.41. The third-order valence-corrected chi connectivity index (χ3v) is 4.57. The number of sulfonamides is 1. The molecule has 1 aromatic carbocycles. The second kappa shape index (κ2) is 8.07. The lowest BCUT2D eigenvalue weighted by molar-refractivity contribution is -0.139. The van der Waals surface area contributed by atoms with Crippen LogP contribution in [0, 0.1) is 5.92 Å². The molecule has 23 heavy (non-hydrogen) atoms. The summed E-state index contributed by atoms with van der Waals surface area (Å²) < 4.78 is 26.7. The van der Waals surface area contributed by atoms with Gasteiger partial charge in [0.15, 0.2) is 0 Å². The SMILES string of the molecule is CC(=O)NCc1ccc(S(=O)(=O)NC(CC(C)C)C(=O)O)cc1. The Morgan fingerprint density at radius 1 is 1.17 bits per heavy atom. The third kappa shape index (κ3) is 6.37. The molecule has 0 spiro atoms. The fourth-order valence-electron chi connectivity index (χ4n) is 1.94. The highest BCUT2D eigenvalue weighted by atomic mass is 32.2. The van der Waals surface area contributed by atoms with Crippen LogP contribution in [-0.4, -0.2) is 31.4 Å². The molecule has 0 bridgehead atoms. The first-order valence-electron chi connectivity index (χ1n) is 7.20. The van der Waals surface area contributed by atoms with Crippen LogP contribution < -0.4 is 10.0 Å². The highest BCUT2D eigenvalue weighted by molar-refractivity contribution is 7.89. The van der Waals surface area contributed by atoms with Crippen molar-refractivity contribution in [2.45, 2.75) is 44.7 Å². The first-order chi connectivity index (χ1) is 10.6. The molecule has 1 atom stereocenters. The Morgan fingerprint density at radius 3 is 2.17 bits per heavy atom. The Kier molecular flexibility index (Phi) is 6.71. The van der Waals surface area contributed by atoms with Gasteiger partial charge in [-0.1, -0.05) is 26.0 Å². The van der Waals surface area contributed by atoms with Crippen LogP contribution in [0.3, 0.4) is 0 Å². The van der Waals surface area contributed by atoms with Crippen molar-refractivity contribution < 1.29 is 23.1 Å². The molecule has 0 saturated heterocycles. The monoisotopic (exact) mass is 342 g/mol. The summed E-state index contributed by atoms with van der Waals surface area (Å²) in [5.41, 5.74) is 0.746. The standard InChI is InChI=1S/C15H22N2O5S/c1-10(2)8-14(15(19)20)17-23(21,22)13-6-4-12(5-7-13)9-16-11(3)18/h4-7,10,14,17H,8-9H2,1-3H3,(H,16,18)(H,19,20). The summed E-state index contributed by atoms with van der Waals surface area (Å²) in [6, 6.07) is 4.74. The van der Waals surface area contributed by atoms with Crippen LogP contribution in [0.25, 0.3) is 0 Å². The summed E-state index contributed by atoms with van der Waals surface area (Å²) in [5.74, 6) is -1.34. The molecule has 0 fully saturated rings. The number of amides is 1. The molecule has 0 saturated carbocycles. The van der Waals surface area contributed by atoms with Gasteiger partial charge in [0.25, 0.3) is 0 Å². The van der Waals surface area contributed by atoms with E-state index in [-0.39, 0.29) is 23.1 Å². The smallest absolute Gasteiger partial charge is 0.321 e. The molecule has 1 unspecified atom stereocenters. The Balaban J connectivity index is 2.86. The van der Waals surface area contributed by atoms with Gasteiger partial charge in [-0.2, -0.15) is 4.72 Å². The summed E-state index contributed by atoms with van der Waals surface area (Å²) in [7, 11) is -3.92. The Hall–Kier alpha value is -1.93. The molecule has 0 heterocycles. The van der Waals surface area contributed by atoms with E-state index in [0.717, 1.165) is 5.56 Å². The molecule has 0 aromatic heterocycles. The van der Waals surface area contributed by atoms with Crippen LogP contribution in [0.4, 0.5) is 0 Å². The maximum absolute atomic E-state index is 12.3. The molecule has 1 aromatic rings. The molecular weight excluding hydrogens is 320 g/mol. The zero-order valence-corrected chi connectivity index (χ0v) is 14.2. The highest BCUT2D eigenvalue weighted by Gasteiger charge is 2.26. The number of aliphatic carboxylic acids is 1. The van der Waals surface area contributed by atoms with Crippen LogP contribution in [0.1, 0.15) is 32.8 Å². The van der Waals surface area contributed by atoms with E-state index in [0.29, 0.717) is 6.54 Å². The second-order valence-electron chi connectivity index (χ2n) is 5.70. The number of hydrogen-bond donors (Lipinski definition) is 3. The van der Waals surface area contributed by atoms with E-state index in [1.807, 2.05) is 13.8 Å². The van der Waals surface area contributed by atoms with Gasteiger partial charge in [-0.3, -0.25) is 9.59 Å². The fraction of sp³-hybridized carbons (Fsp3) is 0.467. The minimum Gasteiger partial charge on any atom is -0.480 e. The Bertz CT molecular complexity index is 653. The summed E-state index contributed by atoms with van der Waals surface area (Å²) in [6.45, 7) is 5.33. The van der Waals surface area contributed by atoms with E-state index in [1.54, 1.807) is 12.1 Å². The normalized spacial score (nSPS) is 12.9. The molecule has 7 nitrogen and oxygen atoms in total. The Labute approximate surface area is 136 Å². The highest BCUT2D eigenvalue weighted by Crippen LogP contribution is 2.13. The summed E-state index contributed by atoms with van der Waals surface area (Å²) in [5, 5.41) is 11.7. The largest absolute Gasteiger partial charge is 0.480 e. The van der Waals surface area contributed by atoms with Gasteiger partial charge >= 0.3 is 5.97 Å². The van der Waals surface area contributed by atoms with Crippen molar-refractivity contribution >= 4 is 21.9 Å². The number of rotatable bonds is 8. The van der Waals surface area contributed by atoms with Gasteiger partial charge in [0, 0.05) is 13.5 Å². The number of benzene rings is 1. The summed E-state index contributed by atoms with van der Waals surface area (Å²) in [4.78, 5) is 22.0. The lowest BCUT2D eigenvalue weighted by atomic mass is 10.1. The van der Waals surface area contributed by atoms with Gasteiger partial charge in [0.05, 0.1) is 4.90 Å². The van der Waals surface area contributed by atoms with Crippen LogP contribution >= 0.6 is 0 Å². The van der Waals surface area contributed by atoms with E-state index in [1.165, 1.54) is 19.1 Å². The van der Waals surface area contributed by atoms with Crippen molar-refractivity contribution in [1.82, 2.24) is 10.0 Å². The maximum atomic E-state index is 12.3. The number of carbonyl (C=O) groups excluding carboxylic acids is 1. The number of carboxylic acid groups (broad SMARTS) is 1. The first kappa shape index (κ1) is 19.1. The second-order valence-corrected chi connectivity index (χ2v) is 7.41. The van der Waals surface area contributed by atoms with Crippen molar-refractivity contribution in [3.63, 3.8) is 0 Å². The predicted molar refractivity (Wildman–Crippen MR) is 85.2 cm³/mol. The quantitative estimate of drug-likeness (QED) is 0.655. The zero-order valence-electron chi connectivity index (χ0n) is 13.4. The van der Waals surface area contributed by atoms with Crippen molar-refractivity contribution in [1.29, 1.82) is 0 Å². The van der Waals surface area contributed by atoms with Gasteiger partial charge in [-0.05, 0) is 30.0 Å². The van der Waals surface area contributed by atoms with Crippen molar-refractivity contribution in [2.75, 3.05) is 0 Å². The van der Waals surface area contributed by atoms with E-state index in [2.05, 4.69) is 10.0 Å². The molecule has 0 aliphatic carbocycles. The number of carbonyl (C=O) groups is 2. The number of nitrogens with one attached hydrogen (secondary N) is 2. The number of carboxylic acids is 1. The van der Waals surface area contributed by atoms with Gasteiger partial charge < -0.3 is 10.4 Å². The van der Waals surface area contributed by atoms with Crippen LogP contribution in [0.5, 0.6) is 0 Å². The van der Waals surface area contributed by atoms with Gasteiger partial charge in [0.1, 0.15) is 6.04 Å².